The van der Waals surface area contributed by atoms with Gasteiger partial charge in [0.1, 0.15) is 5.82 Å². The minimum absolute atomic E-state index is 0.00778. The first kappa shape index (κ1) is 20.3. The van der Waals surface area contributed by atoms with Gasteiger partial charge in [0.25, 0.3) is 5.91 Å². The molecule has 30 heavy (non-hydrogen) atoms. The Morgan fingerprint density at radius 1 is 1.07 bits per heavy atom. The fraction of sp³-hybridized carbons (Fsp3) is 0.0455. The van der Waals surface area contributed by atoms with Crippen LogP contribution in [0.15, 0.2) is 71.2 Å². The molecule has 0 spiro atoms. The molecule has 0 bridgehead atoms. The molecule has 0 unspecified atom stereocenters. The zero-order valence-electron chi connectivity index (χ0n) is 15.7. The van der Waals surface area contributed by atoms with E-state index >= 15 is 0 Å². The van der Waals surface area contributed by atoms with E-state index in [1.165, 1.54) is 16.8 Å². The van der Waals surface area contributed by atoms with Crippen molar-refractivity contribution in [2.75, 3.05) is 5.32 Å². The molecule has 4 aromatic rings. The smallest absolute Gasteiger partial charge is 0.295 e. The van der Waals surface area contributed by atoms with E-state index in [0.717, 1.165) is 15.6 Å². The van der Waals surface area contributed by atoms with Crippen LogP contribution in [0.1, 0.15) is 16.2 Å². The Hall–Kier alpha value is -3.03. The lowest BCUT2D eigenvalue weighted by Crippen LogP contribution is -2.15. The summed E-state index contributed by atoms with van der Waals surface area (Å²) in [5, 5.41) is 7.80. The van der Waals surface area contributed by atoms with Gasteiger partial charge in [-0.1, -0.05) is 27.5 Å². The molecule has 0 saturated heterocycles. The Labute approximate surface area is 185 Å². The van der Waals surface area contributed by atoms with E-state index < -0.39 is 5.91 Å². The molecule has 0 saturated carbocycles. The first-order chi connectivity index (χ1) is 14.4. The van der Waals surface area contributed by atoms with Gasteiger partial charge in [0.05, 0.1) is 5.69 Å². The lowest BCUT2D eigenvalue weighted by molar-refractivity contribution is 0.101. The average molecular weight is 486 g/mol. The van der Waals surface area contributed by atoms with Gasteiger partial charge in [-0.3, -0.25) is 4.79 Å². The second-order valence-corrected chi connectivity index (χ2v) is 7.92. The van der Waals surface area contributed by atoms with Gasteiger partial charge in [0.2, 0.25) is 5.82 Å². The number of aromatic nitrogens is 3. The third-order valence-corrected chi connectivity index (χ3v) is 5.17. The van der Waals surface area contributed by atoms with Gasteiger partial charge < -0.3 is 5.32 Å². The zero-order valence-corrected chi connectivity index (χ0v) is 18.1. The molecule has 0 aliphatic heterocycles. The summed E-state index contributed by atoms with van der Waals surface area (Å²) in [6, 6.07) is 18.4. The molecule has 0 aliphatic rings. The second kappa shape index (κ2) is 8.38. The number of anilines is 1. The van der Waals surface area contributed by atoms with Crippen LogP contribution in [-0.4, -0.2) is 20.7 Å². The second-order valence-electron chi connectivity index (χ2n) is 6.57. The van der Waals surface area contributed by atoms with E-state index in [1.807, 2.05) is 19.1 Å². The molecular formula is C22H15BrClFN4O. The van der Waals surface area contributed by atoms with Crippen molar-refractivity contribution in [2.45, 2.75) is 6.92 Å². The SMILES string of the molecule is Cc1cc(Br)ccc1NC(=O)c1nc(-c2ccc(Cl)cc2)n(-c2ccc(F)cc2)n1. The van der Waals surface area contributed by atoms with Crippen molar-refractivity contribution >= 4 is 39.1 Å². The predicted octanol–water partition coefficient (Wildman–Crippen LogP) is 6.05. The number of halogens is 3. The summed E-state index contributed by atoms with van der Waals surface area (Å²) in [4.78, 5) is 17.3. The summed E-state index contributed by atoms with van der Waals surface area (Å²) < 4.78 is 15.8. The number of aryl methyl sites for hydroxylation is 1. The Morgan fingerprint density at radius 2 is 1.77 bits per heavy atom. The van der Waals surface area contributed by atoms with Crippen molar-refractivity contribution in [3.63, 3.8) is 0 Å². The highest BCUT2D eigenvalue weighted by molar-refractivity contribution is 9.10. The van der Waals surface area contributed by atoms with Crippen molar-refractivity contribution in [3.05, 3.63) is 93.4 Å². The average Bonchev–Trinajstić information content (AvgIpc) is 3.17. The monoisotopic (exact) mass is 484 g/mol. The van der Waals surface area contributed by atoms with Gasteiger partial charge in [-0.25, -0.2) is 14.1 Å². The number of hydrogen-bond donors (Lipinski definition) is 1. The minimum Gasteiger partial charge on any atom is -0.319 e. The van der Waals surface area contributed by atoms with Crippen molar-refractivity contribution in [1.82, 2.24) is 14.8 Å². The van der Waals surface area contributed by atoms with Gasteiger partial charge in [0.15, 0.2) is 5.82 Å². The zero-order chi connectivity index (χ0) is 21.3. The fourth-order valence-electron chi connectivity index (χ4n) is 2.90. The van der Waals surface area contributed by atoms with Crippen LogP contribution in [-0.2, 0) is 0 Å². The summed E-state index contributed by atoms with van der Waals surface area (Å²) in [6.07, 6.45) is 0. The van der Waals surface area contributed by atoms with Crippen molar-refractivity contribution in [2.24, 2.45) is 0 Å². The van der Waals surface area contributed by atoms with Crippen LogP contribution >= 0.6 is 27.5 Å². The van der Waals surface area contributed by atoms with E-state index in [0.29, 0.717) is 22.2 Å². The van der Waals surface area contributed by atoms with Crippen molar-refractivity contribution < 1.29 is 9.18 Å². The molecule has 1 amide bonds. The third kappa shape index (κ3) is 4.27. The van der Waals surface area contributed by atoms with Gasteiger partial charge in [-0.15, -0.1) is 5.10 Å². The number of amides is 1. The summed E-state index contributed by atoms with van der Waals surface area (Å²) in [6.45, 7) is 1.89. The number of rotatable bonds is 4. The molecule has 0 aliphatic carbocycles. The molecule has 3 aromatic carbocycles. The number of nitrogens with zero attached hydrogens (tertiary/aromatic N) is 3. The lowest BCUT2D eigenvalue weighted by Gasteiger charge is -2.06. The largest absolute Gasteiger partial charge is 0.319 e. The van der Waals surface area contributed by atoms with Crippen molar-refractivity contribution in [3.8, 4) is 17.1 Å². The Balaban J connectivity index is 1.75. The van der Waals surface area contributed by atoms with Crippen LogP contribution in [0.2, 0.25) is 5.02 Å². The van der Waals surface area contributed by atoms with Crippen LogP contribution in [0.4, 0.5) is 10.1 Å². The summed E-state index contributed by atoms with van der Waals surface area (Å²) >= 11 is 9.40. The molecule has 0 radical (unpaired) electrons. The first-order valence-electron chi connectivity index (χ1n) is 8.97. The molecule has 1 aromatic heterocycles. The standard InChI is InChI=1S/C22H15BrClFN4O/c1-13-12-15(23)4-11-19(13)26-22(30)20-27-21(14-2-5-16(24)6-3-14)29(28-20)18-9-7-17(25)8-10-18/h2-12H,1H3,(H,26,30). The molecule has 1 heterocycles. The minimum atomic E-state index is -0.448. The number of carbonyl (C=O) groups excluding carboxylic acids is 1. The topological polar surface area (TPSA) is 59.8 Å². The Kier molecular flexibility index (Phi) is 5.65. The van der Waals surface area contributed by atoms with Gasteiger partial charge >= 0.3 is 0 Å². The maximum absolute atomic E-state index is 13.4. The highest BCUT2D eigenvalue weighted by Gasteiger charge is 2.19. The van der Waals surface area contributed by atoms with Crippen molar-refractivity contribution in [1.29, 1.82) is 0 Å². The molecule has 4 rings (SSSR count). The van der Waals surface area contributed by atoms with E-state index in [2.05, 4.69) is 31.3 Å². The quantitative estimate of drug-likeness (QED) is 0.383. The maximum atomic E-state index is 13.4. The molecular weight excluding hydrogens is 471 g/mol. The van der Waals surface area contributed by atoms with E-state index in [1.54, 1.807) is 42.5 Å². The van der Waals surface area contributed by atoms with Crippen LogP contribution in [0, 0.1) is 12.7 Å². The fourth-order valence-corrected chi connectivity index (χ4v) is 3.50. The molecule has 0 atom stereocenters. The number of nitrogens with one attached hydrogen (secondary N) is 1. The maximum Gasteiger partial charge on any atom is 0.295 e. The first-order valence-corrected chi connectivity index (χ1v) is 10.1. The van der Waals surface area contributed by atoms with Gasteiger partial charge in [0, 0.05) is 20.7 Å². The summed E-state index contributed by atoms with van der Waals surface area (Å²) in [5.41, 5.74) is 2.85. The predicted molar refractivity (Wildman–Crippen MR) is 119 cm³/mol. The van der Waals surface area contributed by atoms with E-state index in [9.17, 15) is 9.18 Å². The third-order valence-electron chi connectivity index (χ3n) is 4.42. The molecule has 5 nitrogen and oxygen atoms in total. The summed E-state index contributed by atoms with van der Waals surface area (Å²) in [7, 11) is 0. The van der Waals surface area contributed by atoms with Crippen LogP contribution in [0.5, 0.6) is 0 Å². The lowest BCUT2D eigenvalue weighted by atomic mass is 10.2. The summed E-state index contributed by atoms with van der Waals surface area (Å²) in [5.74, 6) is -0.380. The number of carbonyl (C=O) groups is 1. The Morgan fingerprint density at radius 3 is 2.43 bits per heavy atom. The van der Waals surface area contributed by atoms with E-state index in [-0.39, 0.29) is 11.6 Å². The molecule has 150 valence electrons. The normalized spacial score (nSPS) is 10.8. The van der Waals surface area contributed by atoms with Gasteiger partial charge in [-0.2, -0.15) is 0 Å². The van der Waals surface area contributed by atoms with E-state index in [4.69, 9.17) is 11.6 Å². The highest BCUT2D eigenvalue weighted by Crippen LogP contribution is 2.24. The molecule has 1 N–H and O–H groups in total. The van der Waals surface area contributed by atoms with Gasteiger partial charge in [-0.05, 0) is 79.2 Å². The van der Waals surface area contributed by atoms with Crippen LogP contribution in [0.25, 0.3) is 17.1 Å². The molecule has 0 fully saturated rings. The number of hydrogen-bond acceptors (Lipinski definition) is 3. The Bertz CT molecular complexity index is 1160. The van der Waals surface area contributed by atoms with Crippen LogP contribution < -0.4 is 5.32 Å². The molecule has 8 heteroatoms. The number of benzene rings is 3. The van der Waals surface area contributed by atoms with Crippen LogP contribution in [0.3, 0.4) is 0 Å². The highest BCUT2D eigenvalue weighted by atomic mass is 79.9.